The van der Waals surface area contributed by atoms with Crippen LogP contribution in [0.4, 0.5) is 0 Å². The summed E-state index contributed by atoms with van der Waals surface area (Å²) in [7, 11) is 0. The van der Waals surface area contributed by atoms with E-state index in [9.17, 15) is 9.90 Å². The first-order chi connectivity index (χ1) is 8.25. The zero-order chi connectivity index (χ0) is 11.8. The van der Waals surface area contributed by atoms with Crippen LogP contribution in [0.25, 0.3) is 0 Å². The molecule has 1 aliphatic heterocycles. The zero-order valence-corrected chi connectivity index (χ0v) is 9.63. The summed E-state index contributed by atoms with van der Waals surface area (Å²) in [6, 6.07) is 0.189. The largest absolute Gasteiger partial charge is 0.481 e. The molecule has 2 aliphatic rings. The lowest BCUT2D eigenvalue weighted by Crippen LogP contribution is -2.33. The predicted octanol–water partition coefficient (Wildman–Crippen LogP) is 1.46. The number of aliphatic carboxylic acids is 1. The Balaban J connectivity index is 1.89. The van der Waals surface area contributed by atoms with Crippen LogP contribution in [0.15, 0.2) is 10.7 Å². The van der Waals surface area contributed by atoms with Crippen LogP contribution in [0.5, 0.6) is 0 Å². The van der Waals surface area contributed by atoms with Gasteiger partial charge in [0.1, 0.15) is 5.76 Å². The molecule has 0 bridgehead atoms. The van der Waals surface area contributed by atoms with Crippen LogP contribution < -0.4 is 0 Å². The fourth-order valence-electron chi connectivity index (χ4n) is 2.99. The molecule has 1 fully saturated rings. The van der Waals surface area contributed by atoms with Gasteiger partial charge in [0.25, 0.3) is 0 Å². The summed E-state index contributed by atoms with van der Waals surface area (Å²) >= 11 is 0. The van der Waals surface area contributed by atoms with Crippen LogP contribution in [0.2, 0.25) is 0 Å². The van der Waals surface area contributed by atoms with Gasteiger partial charge in [-0.2, -0.15) is 0 Å². The molecule has 0 spiro atoms. The molecule has 1 aromatic rings. The Labute approximate surface area is 99.4 Å². The number of hydrogen-bond acceptors (Lipinski definition) is 4. The summed E-state index contributed by atoms with van der Waals surface area (Å²) in [5.74, 6) is -0.294. The molecule has 0 radical (unpaired) electrons. The number of hydrogen-bond donors (Lipinski definition) is 1. The minimum atomic E-state index is -0.726. The third kappa shape index (κ3) is 1.84. The molecule has 92 valence electrons. The predicted molar refractivity (Wildman–Crippen MR) is 59.5 cm³/mol. The normalized spacial score (nSPS) is 29.2. The van der Waals surface area contributed by atoms with Crippen LogP contribution in [0, 0.1) is 5.92 Å². The molecule has 2 heterocycles. The van der Waals surface area contributed by atoms with Gasteiger partial charge in [0.2, 0.25) is 0 Å². The molecule has 0 saturated carbocycles. The number of carboxylic acid groups (broad SMARTS) is 1. The zero-order valence-electron chi connectivity index (χ0n) is 9.63. The third-order valence-electron chi connectivity index (χ3n) is 3.91. The second kappa shape index (κ2) is 4.14. The van der Waals surface area contributed by atoms with Gasteiger partial charge in [0.05, 0.1) is 12.1 Å². The van der Waals surface area contributed by atoms with Crippen molar-refractivity contribution in [3.8, 4) is 0 Å². The summed E-state index contributed by atoms with van der Waals surface area (Å²) < 4.78 is 5.19. The van der Waals surface area contributed by atoms with Gasteiger partial charge in [0, 0.05) is 18.0 Å². The maximum absolute atomic E-state index is 11.2. The maximum Gasteiger partial charge on any atom is 0.307 e. The van der Waals surface area contributed by atoms with Gasteiger partial charge in [0.15, 0.2) is 0 Å². The monoisotopic (exact) mass is 236 g/mol. The third-order valence-corrected chi connectivity index (χ3v) is 3.91. The van der Waals surface area contributed by atoms with Crippen LogP contribution >= 0.6 is 0 Å². The van der Waals surface area contributed by atoms with E-state index in [2.05, 4.69) is 10.1 Å². The molecule has 1 saturated heterocycles. The van der Waals surface area contributed by atoms with E-state index in [0.29, 0.717) is 12.8 Å². The van der Waals surface area contributed by atoms with Gasteiger partial charge < -0.3 is 9.63 Å². The average molecular weight is 236 g/mol. The van der Waals surface area contributed by atoms with Gasteiger partial charge in [-0.15, -0.1) is 0 Å². The minimum absolute atomic E-state index is 0.189. The Hall–Kier alpha value is -1.36. The highest BCUT2D eigenvalue weighted by Gasteiger charge is 2.37. The molecule has 5 nitrogen and oxygen atoms in total. The molecule has 1 aliphatic carbocycles. The highest BCUT2D eigenvalue weighted by molar-refractivity contribution is 5.71. The molecule has 1 aromatic heterocycles. The first kappa shape index (κ1) is 10.8. The molecule has 3 rings (SSSR count). The minimum Gasteiger partial charge on any atom is -0.481 e. The van der Waals surface area contributed by atoms with Crippen LogP contribution in [-0.4, -0.2) is 34.2 Å². The highest BCUT2D eigenvalue weighted by Crippen LogP contribution is 2.38. The molecular formula is C12H16N2O3. The molecule has 1 N–H and O–H groups in total. The van der Waals surface area contributed by atoms with E-state index in [1.807, 2.05) is 0 Å². The second-order valence-corrected chi connectivity index (χ2v) is 4.94. The average Bonchev–Trinajstić information content (AvgIpc) is 2.98. The lowest BCUT2D eigenvalue weighted by atomic mass is 9.84. The molecule has 2 unspecified atom stereocenters. The van der Waals surface area contributed by atoms with Crippen molar-refractivity contribution in [1.29, 1.82) is 0 Å². The summed E-state index contributed by atoms with van der Waals surface area (Å²) in [5.41, 5.74) is 1.10. The van der Waals surface area contributed by atoms with E-state index in [1.54, 1.807) is 6.20 Å². The summed E-state index contributed by atoms with van der Waals surface area (Å²) in [4.78, 5) is 13.5. The van der Waals surface area contributed by atoms with E-state index in [0.717, 1.165) is 24.4 Å². The van der Waals surface area contributed by atoms with E-state index in [-0.39, 0.29) is 12.0 Å². The van der Waals surface area contributed by atoms with Crippen LogP contribution in [-0.2, 0) is 11.2 Å². The lowest BCUT2D eigenvalue weighted by Gasteiger charge is -2.32. The number of likely N-dealkylation sites (tertiary alicyclic amines) is 1. The summed E-state index contributed by atoms with van der Waals surface area (Å²) in [6.07, 6.45) is 5.33. The first-order valence-corrected chi connectivity index (χ1v) is 6.16. The lowest BCUT2D eigenvalue weighted by molar-refractivity contribution is -0.142. The number of aromatic nitrogens is 1. The van der Waals surface area contributed by atoms with Crippen molar-refractivity contribution >= 4 is 5.97 Å². The highest BCUT2D eigenvalue weighted by atomic mass is 16.5. The first-order valence-electron chi connectivity index (χ1n) is 6.16. The number of fused-ring (bicyclic) bond motifs is 1. The van der Waals surface area contributed by atoms with Crippen LogP contribution in [0.3, 0.4) is 0 Å². The van der Waals surface area contributed by atoms with Gasteiger partial charge in [-0.25, -0.2) is 0 Å². The molecular weight excluding hydrogens is 220 g/mol. The number of carboxylic acids is 1. The maximum atomic E-state index is 11.2. The Morgan fingerprint density at radius 3 is 2.94 bits per heavy atom. The topological polar surface area (TPSA) is 66.6 Å². The quantitative estimate of drug-likeness (QED) is 0.842. The smallest absolute Gasteiger partial charge is 0.307 e. The van der Waals surface area contributed by atoms with Crippen molar-refractivity contribution in [2.45, 2.75) is 31.7 Å². The summed E-state index contributed by atoms with van der Waals surface area (Å²) in [5, 5.41) is 13.0. The fraction of sp³-hybridized carbons (Fsp3) is 0.667. The van der Waals surface area contributed by atoms with Crippen molar-refractivity contribution in [3.05, 3.63) is 17.5 Å². The van der Waals surface area contributed by atoms with Gasteiger partial charge in [-0.1, -0.05) is 5.16 Å². The van der Waals surface area contributed by atoms with Crippen molar-refractivity contribution in [3.63, 3.8) is 0 Å². The summed E-state index contributed by atoms with van der Waals surface area (Å²) in [6.45, 7) is 2.11. The van der Waals surface area contributed by atoms with Gasteiger partial charge in [-0.05, 0) is 32.4 Å². The molecule has 2 atom stereocenters. The van der Waals surface area contributed by atoms with E-state index in [4.69, 9.17) is 4.52 Å². The SMILES string of the molecule is O=C(O)C1Cc2oncc2C(N2CCCC2)C1. The molecule has 17 heavy (non-hydrogen) atoms. The van der Waals surface area contributed by atoms with E-state index >= 15 is 0 Å². The van der Waals surface area contributed by atoms with E-state index in [1.165, 1.54) is 12.8 Å². The number of nitrogens with zero attached hydrogens (tertiary/aromatic N) is 2. The molecule has 5 heteroatoms. The Morgan fingerprint density at radius 1 is 1.47 bits per heavy atom. The number of carbonyl (C=O) groups is 1. The van der Waals surface area contributed by atoms with Gasteiger partial charge in [-0.3, -0.25) is 9.69 Å². The second-order valence-electron chi connectivity index (χ2n) is 4.94. The van der Waals surface area contributed by atoms with Crippen molar-refractivity contribution in [2.75, 3.05) is 13.1 Å². The fourth-order valence-corrected chi connectivity index (χ4v) is 2.99. The number of rotatable bonds is 2. The Kier molecular flexibility index (Phi) is 2.63. The Morgan fingerprint density at radius 2 is 2.24 bits per heavy atom. The van der Waals surface area contributed by atoms with Crippen molar-refractivity contribution in [2.24, 2.45) is 5.92 Å². The molecule has 0 aromatic carbocycles. The Bertz CT molecular complexity index is 423. The van der Waals surface area contributed by atoms with Crippen molar-refractivity contribution in [1.82, 2.24) is 10.1 Å². The standard InChI is InChI=1S/C12H16N2O3/c15-12(16)8-5-10(14-3-1-2-4-14)9-7-13-17-11(9)6-8/h7-8,10H,1-6H2,(H,15,16). The molecule has 0 amide bonds. The van der Waals surface area contributed by atoms with E-state index < -0.39 is 5.97 Å². The van der Waals surface area contributed by atoms with Crippen LogP contribution in [0.1, 0.15) is 36.6 Å². The van der Waals surface area contributed by atoms with Gasteiger partial charge >= 0.3 is 5.97 Å². The van der Waals surface area contributed by atoms with Crippen molar-refractivity contribution < 1.29 is 14.4 Å².